The maximum Gasteiger partial charge on any atom is 0.339 e. The summed E-state index contributed by atoms with van der Waals surface area (Å²) in [5.41, 5.74) is 3.35. The highest BCUT2D eigenvalue weighted by molar-refractivity contribution is 7.91. The maximum atomic E-state index is 13.2. The molecule has 0 N–H and O–H groups in total. The fourth-order valence-corrected chi connectivity index (χ4v) is 6.13. The predicted octanol–water partition coefficient (Wildman–Crippen LogP) is 3.12. The number of aryl methyl sites for hydroxylation is 1. The molecule has 1 atom stereocenters. The molecule has 2 fully saturated rings. The fraction of sp³-hybridized carbons (Fsp3) is 0.417. The number of carbonyl (C=O) groups excluding carboxylic acids is 2. The summed E-state index contributed by atoms with van der Waals surface area (Å²) in [6.45, 7) is 1.78. The van der Waals surface area contributed by atoms with Crippen molar-refractivity contribution in [2.75, 3.05) is 18.6 Å². The summed E-state index contributed by atoms with van der Waals surface area (Å²) in [5.74, 6) is -0.549. The average Bonchev–Trinajstić information content (AvgIpc) is 3.54. The Balaban J connectivity index is 1.48. The number of esters is 2. The van der Waals surface area contributed by atoms with Gasteiger partial charge in [-0.2, -0.15) is 5.10 Å². The van der Waals surface area contributed by atoms with Crippen LogP contribution in [0.25, 0.3) is 11.0 Å². The monoisotopic (exact) mass is 483 g/mol. The lowest BCUT2D eigenvalue weighted by Gasteiger charge is -2.12. The van der Waals surface area contributed by atoms with Crippen LogP contribution in [-0.4, -0.2) is 53.7 Å². The van der Waals surface area contributed by atoms with Crippen molar-refractivity contribution in [2.24, 2.45) is 0 Å². The van der Waals surface area contributed by atoms with Crippen LogP contribution in [0.1, 0.15) is 68.9 Å². The summed E-state index contributed by atoms with van der Waals surface area (Å²) in [7, 11) is -1.80. The van der Waals surface area contributed by atoms with Gasteiger partial charge in [0.1, 0.15) is 6.61 Å². The van der Waals surface area contributed by atoms with Gasteiger partial charge >= 0.3 is 11.9 Å². The molecule has 1 aliphatic heterocycles. The van der Waals surface area contributed by atoms with E-state index in [2.05, 4.69) is 5.10 Å². The number of fused-ring (bicyclic) bond motifs is 1. The molecular formula is C24H25N3O6S. The Morgan fingerprint density at radius 1 is 1.15 bits per heavy atom. The molecule has 1 aliphatic carbocycles. The van der Waals surface area contributed by atoms with Gasteiger partial charge in [0.2, 0.25) is 0 Å². The number of pyridine rings is 1. The molecule has 178 valence electrons. The first-order valence-electron chi connectivity index (χ1n) is 11.2. The lowest BCUT2D eigenvalue weighted by atomic mass is 10.1. The van der Waals surface area contributed by atoms with Crippen molar-refractivity contribution in [1.29, 1.82) is 0 Å². The third kappa shape index (κ3) is 4.29. The van der Waals surface area contributed by atoms with E-state index in [-0.39, 0.29) is 30.1 Å². The van der Waals surface area contributed by atoms with E-state index in [0.29, 0.717) is 39.8 Å². The quantitative estimate of drug-likeness (QED) is 0.491. The van der Waals surface area contributed by atoms with Crippen molar-refractivity contribution in [3.8, 4) is 0 Å². The van der Waals surface area contributed by atoms with Gasteiger partial charge in [-0.1, -0.05) is 12.1 Å². The van der Waals surface area contributed by atoms with Gasteiger partial charge in [0.25, 0.3) is 0 Å². The first-order valence-corrected chi connectivity index (χ1v) is 13.0. The highest BCUT2D eigenvalue weighted by Gasteiger charge is 2.34. The largest absolute Gasteiger partial charge is 0.465 e. The Morgan fingerprint density at radius 2 is 1.94 bits per heavy atom. The van der Waals surface area contributed by atoms with Gasteiger partial charge in [-0.25, -0.2) is 27.7 Å². The number of hydrogen-bond acceptors (Lipinski definition) is 8. The highest BCUT2D eigenvalue weighted by atomic mass is 32.2. The molecule has 1 saturated heterocycles. The molecule has 34 heavy (non-hydrogen) atoms. The zero-order valence-electron chi connectivity index (χ0n) is 19.0. The highest BCUT2D eigenvalue weighted by Crippen LogP contribution is 2.41. The molecule has 10 heteroatoms. The van der Waals surface area contributed by atoms with Gasteiger partial charge in [0.05, 0.1) is 46.9 Å². The van der Waals surface area contributed by atoms with Gasteiger partial charge < -0.3 is 9.47 Å². The number of ether oxygens (including phenoxy) is 2. The van der Waals surface area contributed by atoms with Crippen LogP contribution < -0.4 is 0 Å². The number of aromatic nitrogens is 3. The lowest BCUT2D eigenvalue weighted by molar-refractivity contribution is 0.0474. The molecule has 1 unspecified atom stereocenters. The third-order valence-corrected chi connectivity index (χ3v) is 8.09. The van der Waals surface area contributed by atoms with Crippen LogP contribution in [0.2, 0.25) is 0 Å². The molecule has 5 rings (SSSR count). The molecule has 0 radical (unpaired) electrons. The van der Waals surface area contributed by atoms with E-state index in [4.69, 9.17) is 14.5 Å². The summed E-state index contributed by atoms with van der Waals surface area (Å²) in [6.07, 6.45) is 2.47. The SMILES string of the molecule is COC(=O)c1cccc(COC(=O)c2cc(C3CC3)nc3c2c(C)nn3C2CCS(=O)(=O)C2)c1. The number of sulfone groups is 1. The van der Waals surface area contributed by atoms with E-state index >= 15 is 0 Å². The minimum absolute atomic E-state index is 0.0136. The van der Waals surface area contributed by atoms with Crippen LogP contribution in [0.3, 0.4) is 0 Å². The fourth-order valence-electron chi connectivity index (χ4n) is 4.44. The second-order valence-electron chi connectivity index (χ2n) is 8.92. The van der Waals surface area contributed by atoms with Crippen LogP contribution >= 0.6 is 0 Å². The van der Waals surface area contributed by atoms with Crippen molar-refractivity contribution in [3.05, 3.63) is 58.4 Å². The van der Waals surface area contributed by atoms with Crippen molar-refractivity contribution < 1.29 is 27.5 Å². The van der Waals surface area contributed by atoms with E-state index in [1.54, 1.807) is 41.9 Å². The molecule has 1 aromatic carbocycles. The molecule has 0 amide bonds. The lowest BCUT2D eigenvalue weighted by Crippen LogP contribution is -2.14. The zero-order valence-corrected chi connectivity index (χ0v) is 19.8. The second kappa shape index (κ2) is 8.50. The number of rotatable bonds is 6. The van der Waals surface area contributed by atoms with E-state index in [0.717, 1.165) is 18.5 Å². The molecule has 2 aliphatic rings. The normalized spacial score (nSPS) is 19.3. The van der Waals surface area contributed by atoms with Crippen molar-refractivity contribution in [2.45, 2.75) is 44.8 Å². The van der Waals surface area contributed by atoms with E-state index < -0.39 is 21.8 Å². The molecule has 0 spiro atoms. The van der Waals surface area contributed by atoms with Gasteiger partial charge in [-0.3, -0.25) is 0 Å². The summed E-state index contributed by atoms with van der Waals surface area (Å²) in [6, 6.07) is 8.20. The standard InChI is InChI=1S/C24H25N3O6S/c1-14-21-19(24(29)33-12-15-4-3-5-17(10-15)23(28)32-2)11-20(16-6-7-16)25-22(21)27(26-14)18-8-9-34(30,31)13-18/h3-5,10-11,16,18H,6-9,12-13H2,1-2H3. The molecule has 9 nitrogen and oxygen atoms in total. The molecule has 3 aromatic rings. The minimum atomic E-state index is -3.11. The topological polar surface area (TPSA) is 117 Å². The van der Waals surface area contributed by atoms with Gasteiger partial charge in [0.15, 0.2) is 15.5 Å². The average molecular weight is 484 g/mol. The van der Waals surface area contributed by atoms with Gasteiger partial charge in [-0.05, 0) is 49.9 Å². The first kappa shape index (κ1) is 22.5. The van der Waals surface area contributed by atoms with E-state index in [1.165, 1.54) is 7.11 Å². The summed E-state index contributed by atoms with van der Waals surface area (Å²) >= 11 is 0. The van der Waals surface area contributed by atoms with E-state index in [9.17, 15) is 18.0 Å². The van der Waals surface area contributed by atoms with E-state index in [1.807, 2.05) is 0 Å². The molecular weight excluding hydrogens is 458 g/mol. The Bertz CT molecular complexity index is 1410. The third-order valence-electron chi connectivity index (χ3n) is 6.34. The Morgan fingerprint density at radius 3 is 2.62 bits per heavy atom. The van der Waals surface area contributed by atoms with Crippen LogP contribution in [0.5, 0.6) is 0 Å². The number of benzene rings is 1. The van der Waals surface area contributed by atoms with Gasteiger partial charge in [-0.15, -0.1) is 0 Å². The second-order valence-corrected chi connectivity index (χ2v) is 11.2. The predicted molar refractivity (Wildman–Crippen MR) is 123 cm³/mol. The smallest absolute Gasteiger partial charge is 0.339 e. The number of hydrogen-bond donors (Lipinski definition) is 0. The molecule has 0 bridgehead atoms. The van der Waals surface area contributed by atoms with Crippen LogP contribution in [0, 0.1) is 6.92 Å². The number of nitrogens with zero attached hydrogens (tertiary/aromatic N) is 3. The van der Waals surface area contributed by atoms with Crippen LogP contribution in [-0.2, 0) is 25.9 Å². The van der Waals surface area contributed by atoms with Crippen molar-refractivity contribution in [3.63, 3.8) is 0 Å². The summed E-state index contributed by atoms with van der Waals surface area (Å²) in [5, 5.41) is 5.18. The zero-order chi connectivity index (χ0) is 24.0. The molecule has 1 saturated carbocycles. The Hall–Kier alpha value is -3.27. The first-order chi connectivity index (χ1) is 16.3. The maximum absolute atomic E-state index is 13.2. The minimum Gasteiger partial charge on any atom is -0.465 e. The van der Waals surface area contributed by atoms with Crippen molar-refractivity contribution >= 4 is 32.8 Å². The van der Waals surface area contributed by atoms with Crippen LogP contribution in [0.4, 0.5) is 0 Å². The number of carbonyl (C=O) groups is 2. The summed E-state index contributed by atoms with van der Waals surface area (Å²) in [4.78, 5) is 29.8. The molecule has 2 aromatic heterocycles. The number of methoxy groups -OCH3 is 1. The van der Waals surface area contributed by atoms with Gasteiger partial charge in [0, 0.05) is 11.6 Å². The van der Waals surface area contributed by atoms with Crippen molar-refractivity contribution in [1.82, 2.24) is 14.8 Å². The summed E-state index contributed by atoms with van der Waals surface area (Å²) < 4.78 is 36.2. The van der Waals surface area contributed by atoms with Crippen LogP contribution in [0.15, 0.2) is 30.3 Å². The Kier molecular flexibility index (Phi) is 5.63. The Labute approximate surface area is 197 Å². The molecule has 3 heterocycles.